The Morgan fingerprint density at radius 3 is 2.62 bits per heavy atom. The van der Waals surface area contributed by atoms with Crippen LogP contribution in [0.25, 0.3) is 22.2 Å². The zero-order valence-corrected chi connectivity index (χ0v) is 11.8. The molecule has 6 heteroatoms. The smallest absolute Gasteiger partial charge is 0.260 e. The summed E-state index contributed by atoms with van der Waals surface area (Å²) >= 11 is 6.06. The summed E-state index contributed by atoms with van der Waals surface area (Å²) in [6.07, 6.45) is 0. The van der Waals surface area contributed by atoms with Crippen LogP contribution in [0.4, 0.5) is 0 Å². The molecule has 102 valence electrons. The lowest BCUT2D eigenvalue weighted by Crippen LogP contribution is -2.13. The summed E-state index contributed by atoms with van der Waals surface area (Å²) in [5.41, 5.74) is 1.30. The number of halogens is 1. The molecule has 5 nitrogen and oxygen atoms in total. The van der Waals surface area contributed by atoms with Crippen molar-refractivity contribution in [1.82, 2.24) is 15.0 Å². The van der Waals surface area contributed by atoms with Crippen LogP contribution in [0.1, 0.15) is 11.4 Å². The van der Waals surface area contributed by atoms with E-state index in [1.807, 2.05) is 36.4 Å². The minimum Gasteiger partial charge on any atom is -0.310 e. The summed E-state index contributed by atoms with van der Waals surface area (Å²) < 4.78 is 0. The second-order valence-corrected chi connectivity index (χ2v) is 4.84. The van der Waals surface area contributed by atoms with Crippen molar-refractivity contribution in [1.29, 1.82) is 5.26 Å². The molecule has 1 aromatic carbocycles. The zero-order valence-electron chi connectivity index (χ0n) is 11.0. The SMILES string of the molecule is Cc1nc2c(-c3ccccc3)nc(Cl)c(C#N)c2c(=O)[nH]1. The lowest BCUT2D eigenvalue weighted by atomic mass is 10.1. The molecule has 3 aromatic rings. The first-order valence-corrected chi connectivity index (χ1v) is 6.55. The second kappa shape index (κ2) is 5.00. The fraction of sp³-hybridized carbons (Fsp3) is 0.0667. The molecule has 0 amide bonds. The van der Waals surface area contributed by atoms with Crippen LogP contribution >= 0.6 is 11.6 Å². The topological polar surface area (TPSA) is 82.4 Å². The summed E-state index contributed by atoms with van der Waals surface area (Å²) in [4.78, 5) is 23.4. The fourth-order valence-corrected chi connectivity index (χ4v) is 2.42. The van der Waals surface area contributed by atoms with Crippen molar-refractivity contribution in [2.24, 2.45) is 0 Å². The highest BCUT2D eigenvalue weighted by Crippen LogP contribution is 2.29. The maximum absolute atomic E-state index is 12.2. The molecule has 0 atom stereocenters. The number of nitriles is 1. The molecule has 0 unspecified atom stereocenters. The summed E-state index contributed by atoms with van der Waals surface area (Å²) in [5, 5.41) is 9.39. The molecule has 0 bridgehead atoms. The van der Waals surface area contributed by atoms with Gasteiger partial charge in [0, 0.05) is 5.56 Å². The van der Waals surface area contributed by atoms with E-state index in [2.05, 4.69) is 15.0 Å². The molecule has 2 aromatic heterocycles. The fourth-order valence-electron chi connectivity index (χ4n) is 2.20. The van der Waals surface area contributed by atoms with Gasteiger partial charge in [0.2, 0.25) is 0 Å². The van der Waals surface area contributed by atoms with E-state index in [9.17, 15) is 10.1 Å². The van der Waals surface area contributed by atoms with E-state index in [1.54, 1.807) is 6.92 Å². The van der Waals surface area contributed by atoms with E-state index < -0.39 is 5.56 Å². The first-order valence-electron chi connectivity index (χ1n) is 6.17. The number of aromatic nitrogens is 3. The average molecular weight is 297 g/mol. The normalized spacial score (nSPS) is 10.5. The largest absolute Gasteiger partial charge is 0.310 e. The van der Waals surface area contributed by atoms with Gasteiger partial charge in [0.05, 0.1) is 11.1 Å². The Bertz CT molecular complexity index is 942. The van der Waals surface area contributed by atoms with Crippen molar-refractivity contribution in [3.8, 4) is 17.3 Å². The minimum absolute atomic E-state index is 0.00000567. The van der Waals surface area contributed by atoms with Crippen LogP contribution in [0.5, 0.6) is 0 Å². The first-order chi connectivity index (χ1) is 10.1. The van der Waals surface area contributed by atoms with Crippen LogP contribution in [0, 0.1) is 18.3 Å². The summed E-state index contributed by atoms with van der Waals surface area (Å²) in [5.74, 6) is 0.456. The molecule has 2 heterocycles. The number of aryl methyl sites for hydroxylation is 1. The minimum atomic E-state index is -0.393. The number of aromatic amines is 1. The van der Waals surface area contributed by atoms with Gasteiger partial charge in [-0.05, 0) is 6.92 Å². The third-order valence-corrected chi connectivity index (χ3v) is 3.36. The number of benzene rings is 1. The summed E-state index contributed by atoms with van der Waals surface area (Å²) in [6, 6.07) is 11.2. The molecule has 3 rings (SSSR count). The standard InChI is InChI=1S/C15H9ClN4O/c1-8-18-13-11(15(21)19-8)10(7-17)14(16)20-12(13)9-5-3-2-4-6-9/h2-6H,1H3,(H,18,19,21). The highest BCUT2D eigenvalue weighted by atomic mass is 35.5. The van der Waals surface area contributed by atoms with E-state index in [0.717, 1.165) is 5.56 Å². The maximum atomic E-state index is 12.2. The van der Waals surface area contributed by atoms with Crippen molar-refractivity contribution in [3.05, 3.63) is 57.2 Å². The third kappa shape index (κ3) is 2.16. The third-order valence-electron chi connectivity index (χ3n) is 3.09. The molecular weight excluding hydrogens is 288 g/mol. The highest BCUT2D eigenvalue weighted by molar-refractivity contribution is 6.31. The predicted octanol–water partition coefficient (Wildman–Crippen LogP) is 2.82. The van der Waals surface area contributed by atoms with E-state index in [1.165, 1.54) is 0 Å². The molecule has 0 saturated carbocycles. The van der Waals surface area contributed by atoms with Gasteiger partial charge < -0.3 is 4.98 Å². The number of H-pyrrole nitrogens is 1. The van der Waals surface area contributed by atoms with Gasteiger partial charge in [0.15, 0.2) is 0 Å². The van der Waals surface area contributed by atoms with E-state index in [0.29, 0.717) is 17.0 Å². The molecule has 1 N–H and O–H groups in total. The van der Waals surface area contributed by atoms with Crippen molar-refractivity contribution < 1.29 is 0 Å². The van der Waals surface area contributed by atoms with Crippen LogP contribution in [0.3, 0.4) is 0 Å². The number of nitrogens with one attached hydrogen (secondary N) is 1. The monoisotopic (exact) mass is 296 g/mol. The Morgan fingerprint density at radius 1 is 1.24 bits per heavy atom. The quantitative estimate of drug-likeness (QED) is 0.700. The van der Waals surface area contributed by atoms with Gasteiger partial charge in [-0.25, -0.2) is 9.97 Å². The van der Waals surface area contributed by atoms with Gasteiger partial charge in [0.25, 0.3) is 5.56 Å². The lowest BCUT2D eigenvalue weighted by Gasteiger charge is -2.08. The maximum Gasteiger partial charge on any atom is 0.260 e. The van der Waals surface area contributed by atoms with Crippen LogP contribution in [0.2, 0.25) is 5.15 Å². The molecular formula is C15H9ClN4O. The number of hydrogen-bond acceptors (Lipinski definition) is 4. The first kappa shape index (κ1) is 13.3. The van der Waals surface area contributed by atoms with Crippen LogP contribution in [0.15, 0.2) is 35.1 Å². The van der Waals surface area contributed by atoms with Crippen LogP contribution in [-0.2, 0) is 0 Å². The highest BCUT2D eigenvalue weighted by Gasteiger charge is 2.18. The average Bonchev–Trinajstić information content (AvgIpc) is 2.48. The Labute approximate surface area is 124 Å². The molecule has 0 saturated heterocycles. The number of rotatable bonds is 1. The van der Waals surface area contributed by atoms with Gasteiger partial charge >= 0.3 is 0 Å². The Kier molecular flexibility index (Phi) is 3.16. The molecule has 0 aliphatic carbocycles. The van der Waals surface area contributed by atoms with Crippen LogP contribution < -0.4 is 5.56 Å². The lowest BCUT2D eigenvalue weighted by molar-refractivity contribution is 1.05. The van der Waals surface area contributed by atoms with E-state index >= 15 is 0 Å². The van der Waals surface area contributed by atoms with Gasteiger partial charge in [-0.3, -0.25) is 4.79 Å². The Morgan fingerprint density at radius 2 is 1.95 bits per heavy atom. The number of nitrogens with zero attached hydrogens (tertiary/aromatic N) is 3. The van der Waals surface area contributed by atoms with Crippen molar-refractivity contribution >= 4 is 22.5 Å². The van der Waals surface area contributed by atoms with Crippen molar-refractivity contribution in [3.63, 3.8) is 0 Å². The summed E-state index contributed by atoms with van der Waals surface area (Å²) in [7, 11) is 0. The Balaban J connectivity index is 2.54. The molecule has 0 radical (unpaired) electrons. The molecule has 0 fully saturated rings. The van der Waals surface area contributed by atoms with Crippen molar-refractivity contribution in [2.75, 3.05) is 0 Å². The molecule has 21 heavy (non-hydrogen) atoms. The van der Waals surface area contributed by atoms with Crippen LogP contribution in [-0.4, -0.2) is 15.0 Å². The van der Waals surface area contributed by atoms with Gasteiger partial charge in [-0.15, -0.1) is 0 Å². The number of hydrogen-bond donors (Lipinski definition) is 1. The summed E-state index contributed by atoms with van der Waals surface area (Å²) in [6.45, 7) is 1.68. The van der Waals surface area contributed by atoms with Crippen molar-refractivity contribution in [2.45, 2.75) is 6.92 Å². The van der Waals surface area contributed by atoms with E-state index in [4.69, 9.17) is 11.6 Å². The van der Waals surface area contributed by atoms with Gasteiger partial charge in [-0.2, -0.15) is 5.26 Å². The van der Waals surface area contributed by atoms with Gasteiger partial charge in [-0.1, -0.05) is 41.9 Å². The number of pyridine rings is 1. The molecule has 0 spiro atoms. The zero-order chi connectivity index (χ0) is 15.0. The number of fused-ring (bicyclic) bond motifs is 1. The molecule has 0 aliphatic rings. The second-order valence-electron chi connectivity index (χ2n) is 4.48. The Hall–Kier alpha value is -2.71. The predicted molar refractivity (Wildman–Crippen MR) is 80.1 cm³/mol. The van der Waals surface area contributed by atoms with Gasteiger partial charge in [0.1, 0.15) is 28.1 Å². The molecule has 0 aliphatic heterocycles. The van der Waals surface area contributed by atoms with E-state index in [-0.39, 0.29) is 16.1 Å².